The van der Waals surface area contributed by atoms with Crippen LogP contribution in [0.4, 0.5) is 13.2 Å². The minimum atomic E-state index is -4.74. The van der Waals surface area contributed by atoms with E-state index in [9.17, 15) is 18.0 Å². The van der Waals surface area contributed by atoms with Gasteiger partial charge in [0, 0.05) is 22.2 Å². The fourth-order valence-corrected chi connectivity index (χ4v) is 3.04. The zero-order chi connectivity index (χ0) is 18.9. The summed E-state index contributed by atoms with van der Waals surface area (Å²) in [5.74, 6) is -1.13. The first kappa shape index (κ1) is 18.4. The highest BCUT2D eigenvalue weighted by atomic mass is 35.5. The number of halogens is 4. The van der Waals surface area contributed by atoms with Crippen LogP contribution in [0.5, 0.6) is 0 Å². The Hall–Kier alpha value is -2.39. The molecule has 2 aromatic heterocycles. The first-order valence-electron chi connectivity index (χ1n) is 7.35. The first-order valence-corrected chi connectivity index (χ1v) is 8.61. The van der Waals surface area contributed by atoms with Crippen molar-refractivity contribution in [3.05, 3.63) is 52.1 Å². The van der Waals surface area contributed by atoms with E-state index in [1.165, 1.54) is 6.92 Å². The highest BCUT2D eigenvalue weighted by Gasteiger charge is 2.39. The summed E-state index contributed by atoms with van der Waals surface area (Å²) in [7, 11) is 0. The summed E-state index contributed by atoms with van der Waals surface area (Å²) in [6, 6.07) is 6.86. The topological polar surface area (TPSA) is 57.0 Å². The molecule has 0 N–H and O–H groups in total. The molecule has 0 saturated carbocycles. The van der Waals surface area contributed by atoms with Gasteiger partial charge in [-0.15, -0.1) is 11.3 Å². The van der Waals surface area contributed by atoms with Crippen molar-refractivity contribution in [3.8, 4) is 16.4 Å². The minimum Gasteiger partial charge on any atom is -0.461 e. The van der Waals surface area contributed by atoms with Gasteiger partial charge in [0.25, 0.3) is 0 Å². The Balaban J connectivity index is 1.99. The molecule has 1 aromatic carbocycles. The molecule has 2 heterocycles. The molecular weight excluding hydrogens is 391 g/mol. The van der Waals surface area contributed by atoms with Crippen LogP contribution in [-0.4, -0.2) is 27.3 Å². The van der Waals surface area contributed by atoms with Crippen LogP contribution >= 0.6 is 22.9 Å². The number of aromatic nitrogens is 3. The molecule has 0 spiro atoms. The minimum absolute atomic E-state index is 0.0546. The molecule has 0 unspecified atom stereocenters. The lowest BCUT2D eigenvalue weighted by atomic mass is 10.2. The number of ether oxygens (including phenoxy) is 1. The fraction of sp³-hybridized carbons (Fsp3) is 0.188. The van der Waals surface area contributed by atoms with Gasteiger partial charge >= 0.3 is 12.1 Å². The Labute approximate surface area is 155 Å². The highest BCUT2D eigenvalue weighted by Crippen LogP contribution is 2.33. The lowest BCUT2D eigenvalue weighted by Gasteiger charge is -2.05. The van der Waals surface area contributed by atoms with Crippen LogP contribution in [-0.2, 0) is 10.9 Å². The second-order valence-corrected chi connectivity index (χ2v) is 6.35. The van der Waals surface area contributed by atoms with Gasteiger partial charge in [0.05, 0.1) is 12.3 Å². The SMILES string of the molecule is CCOC(=O)c1nn(-c2nc(-c3ccc(Cl)cc3)cs2)cc1C(F)(F)F. The van der Waals surface area contributed by atoms with E-state index in [1.807, 2.05) is 0 Å². The normalized spacial score (nSPS) is 11.6. The molecule has 0 fully saturated rings. The maximum Gasteiger partial charge on any atom is 0.420 e. The number of esters is 1. The summed E-state index contributed by atoms with van der Waals surface area (Å²) < 4.78 is 45.2. The molecule has 0 aliphatic heterocycles. The van der Waals surface area contributed by atoms with Crippen LogP contribution in [0.2, 0.25) is 5.02 Å². The summed E-state index contributed by atoms with van der Waals surface area (Å²) in [6.07, 6.45) is -4.01. The highest BCUT2D eigenvalue weighted by molar-refractivity contribution is 7.12. The van der Waals surface area contributed by atoms with E-state index >= 15 is 0 Å². The van der Waals surface area contributed by atoms with E-state index in [0.717, 1.165) is 27.8 Å². The lowest BCUT2D eigenvalue weighted by Crippen LogP contribution is -2.14. The number of nitrogens with zero attached hydrogens (tertiary/aromatic N) is 3. The Morgan fingerprint density at radius 2 is 2.00 bits per heavy atom. The van der Waals surface area contributed by atoms with E-state index in [2.05, 4.69) is 14.8 Å². The zero-order valence-electron chi connectivity index (χ0n) is 13.2. The van der Waals surface area contributed by atoms with Gasteiger partial charge in [0.2, 0.25) is 5.13 Å². The first-order chi connectivity index (χ1) is 12.3. The third-order valence-corrected chi connectivity index (χ3v) is 4.40. The number of rotatable bonds is 4. The van der Waals surface area contributed by atoms with Gasteiger partial charge in [0.15, 0.2) is 5.69 Å². The molecule has 136 valence electrons. The standard InChI is InChI=1S/C16H11ClF3N3O2S/c1-2-25-14(24)13-11(16(18,19)20)7-23(22-13)15-21-12(8-26-15)9-3-5-10(17)6-4-9/h3-8H,2H2,1H3. The number of thiazole rings is 1. The molecule has 0 atom stereocenters. The maximum atomic E-state index is 13.2. The smallest absolute Gasteiger partial charge is 0.420 e. The van der Waals surface area contributed by atoms with Gasteiger partial charge in [-0.3, -0.25) is 0 Å². The van der Waals surface area contributed by atoms with Gasteiger partial charge in [0.1, 0.15) is 5.56 Å². The van der Waals surface area contributed by atoms with Crippen LogP contribution < -0.4 is 0 Å². The van der Waals surface area contributed by atoms with Crippen LogP contribution in [0, 0.1) is 0 Å². The Morgan fingerprint density at radius 3 is 2.62 bits per heavy atom. The van der Waals surface area contributed by atoms with Crippen molar-refractivity contribution in [2.24, 2.45) is 0 Å². The van der Waals surface area contributed by atoms with Crippen molar-refractivity contribution >= 4 is 28.9 Å². The summed E-state index contributed by atoms with van der Waals surface area (Å²) in [5, 5.41) is 6.16. The average Bonchev–Trinajstić information content (AvgIpc) is 3.22. The van der Waals surface area contributed by atoms with E-state index in [4.69, 9.17) is 11.6 Å². The van der Waals surface area contributed by atoms with Gasteiger partial charge in [-0.2, -0.15) is 18.3 Å². The molecule has 26 heavy (non-hydrogen) atoms. The second kappa shape index (κ2) is 7.08. The van der Waals surface area contributed by atoms with Gasteiger partial charge in [-0.1, -0.05) is 23.7 Å². The predicted molar refractivity (Wildman–Crippen MR) is 90.6 cm³/mol. The molecule has 0 aliphatic carbocycles. The molecule has 3 aromatic rings. The van der Waals surface area contributed by atoms with Crippen molar-refractivity contribution in [2.45, 2.75) is 13.1 Å². The molecule has 5 nitrogen and oxygen atoms in total. The summed E-state index contributed by atoms with van der Waals surface area (Å²) in [6.45, 7) is 1.45. The van der Waals surface area contributed by atoms with Gasteiger partial charge < -0.3 is 4.74 Å². The molecular formula is C16H11ClF3N3O2S. The monoisotopic (exact) mass is 401 g/mol. The quantitative estimate of drug-likeness (QED) is 0.587. The molecule has 0 radical (unpaired) electrons. The molecule has 0 aliphatic rings. The van der Waals surface area contributed by atoms with Gasteiger partial charge in [-0.05, 0) is 19.1 Å². The average molecular weight is 402 g/mol. The van der Waals surface area contributed by atoms with Crippen molar-refractivity contribution in [2.75, 3.05) is 6.61 Å². The van der Waals surface area contributed by atoms with Crippen molar-refractivity contribution in [3.63, 3.8) is 0 Å². The Morgan fingerprint density at radius 1 is 1.31 bits per heavy atom. The number of carbonyl (C=O) groups is 1. The van der Waals surface area contributed by atoms with E-state index in [1.54, 1.807) is 29.6 Å². The van der Waals surface area contributed by atoms with Crippen LogP contribution in [0.1, 0.15) is 23.0 Å². The van der Waals surface area contributed by atoms with Crippen LogP contribution in [0.25, 0.3) is 16.4 Å². The number of carbonyl (C=O) groups excluding carboxylic acids is 1. The van der Waals surface area contributed by atoms with Crippen molar-refractivity contribution < 1.29 is 22.7 Å². The molecule has 0 amide bonds. The zero-order valence-corrected chi connectivity index (χ0v) is 14.8. The number of benzene rings is 1. The number of hydrogen-bond acceptors (Lipinski definition) is 5. The predicted octanol–water partition coefficient (Wildman–Crippen LogP) is 4.84. The summed E-state index contributed by atoms with van der Waals surface area (Å²) in [4.78, 5) is 16.1. The third-order valence-electron chi connectivity index (χ3n) is 3.32. The van der Waals surface area contributed by atoms with Gasteiger partial charge in [-0.25, -0.2) is 14.5 Å². The molecule has 0 saturated heterocycles. The fourth-order valence-electron chi connectivity index (χ4n) is 2.15. The number of alkyl halides is 3. The Bertz CT molecular complexity index is 935. The second-order valence-electron chi connectivity index (χ2n) is 5.08. The largest absolute Gasteiger partial charge is 0.461 e. The van der Waals surface area contributed by atoms with Crippen molar-refractivity contribution in [1.29, 1.82) is 0 Å². The summed E-state index contributed by atoms with van der Waals surface area (Å²) >= 11 is 6.93. The van der Waals surface area contributed by atoms with Crippen LogP contribution in [0.15, 0.2) is 35.8 Å². The maximum absolute atomic E-state index is 13.2. The third kappa shape index (κ3) is 3.73. The number of hydrogen-bond donors (Lipinski definition) is 0. The van der Waals surface area contributed by atoms with Crippen LogP contribution in [0.3, 0.4) is 0 Å². The van der Waals surface area contributed by atoms with E-state index in [-0.39, 0.29) is 11.7 Å². The Kier molecular flexibility index (Phi) is 5.01. The van der Waals surface area contributed by atoms with Crippen molar-refractivity contribution in [1.82, 2.24) is 14.8 Å². The molecule has 3 rings (SSSR count). The van der Waals surface area contributed by atoms with E-state index < -0.39 is 23.4 Å². The summed E-state index contributed by atoms with van der Waals surface area (Å²) in [5.41, 5.74) is -0.643. The van der Waals surface area contributed by atoms with E-state index in [0.29, 0.717) is 10.7 Å². The molecule has 10 heteroatoms. The molecule has 0 bridgehead atoms. The lowest BCUT2D eigenvalue weighted by molar-refractivity contribution is -0.138.